The summed E-state index contributed by atoms with van der Waals surface area (Å²) < 4.78 is 55.6. The van der Waals surface area contributed by atoms with Crippen molar-refractivity contribution in [1.29, 1.82) is 0 Å². The summed E-state index contributed by atoms with van der Waals surface area (Å²) in [5, 5.41) is 6.78. The molecule has 4 rings (SSSR count). The monoisotopic (exact) mass is 629 g/mol. The highest BCUT2D eigenvalue weighted by Gasteiger charge is 2.43. The first kappa shape index (κ1) is 34.8. The van der Waals surface area contributed by atoms with E-state index in [4.69, 9.17) is 11.5 Å². The molecule has 0 spiro atoms. The number of carbonyl (C=O) groups is 1. The Kier molecular flexibility index (Phi) is 13.0. The molecular weight excluding hydrogens is 576 g/mol. The summed E-state index contributed by atoms with van der Waals surface area (Å²) in [5.74, 6) is -0.909. The molecule has 1 amide bonds. The molecule has 1 saturated carbocycles. The molecule has 13 heteroatoms. The fraction of sp³-hybridized carbons (Fsp3) is 0.839. The lowest BCUT2D eigenvalue weighted by atomic mass is 9.94. The van der Waals surface area contributed by atoms with Crippen molar-refractivity contribution in [3.05, 3.63) is 11.4 Å². The van der Waals surface area contributed by atoms with Gasteiger partial charge >= 0.3 is 12.0 Å². The van der Waals surface area contributed by atoms with Crippen LogP contribution in [0.2, 0.25) is 0 Å². The van der Waals surface area contributed by atoms with Crippen LogP contribution in [0.25, 0.3) is 0 Å². The highest BCUT2D eigenvalue weighted by molar-refractivity contribution is 6.03. The largest absolute Gasteiger partial charge is 0.401 e. The maximum atomic E-state index is 14.6. The third-order valence-corrected chi connectivity index (χ3v) is 9.29. The normalized spacial score (nSPS) is 25.0. The van der Waals surface area contributed by atoms with Crippen LogP contribution in [0, 0.1) is 5.92 Å². The van der Waals surface area contributed by atoms with Gasteiger partial charge < -0.3 is 27.0 Å². The number of hydrogen-bond acceptors (Lipinski definition) is 7. The van der Waals surface area contributed by atoms with E-state index in [0.717, 1.165) is 81.3 Å². The second-order valence-corrected chi connectivity index (χ2v) is 12.8. The van der Waals surface area contributed by atoms with Gasteiger partial charge in [0.25, 0.3) is 0 Å². The van der Waals surface area contributed by atoms with E-state index in [9.17, 15) is 22.4 Å². The zero-order valence-corrected chi connectivity index (χ0v) is 26.3. The van der Waals surface area contributed by atoms with Crippen LogP contribution in [0.5, 0.6) is 0 Å². The number of rotatable bonds is 12. The third kappa shape index (κ3) is 9.70. The molecule has 0 radical (unpaired) electrons. The van der Waals surface area contributed by atoms with Gasteiger partial charge in [0.2, 0.25) is 5.91 Å². The van der Waals surface area contributed by atoms with Gasteiger partial charge in [-0.1, -0.05) is 50.4 Å². The van der Waals surface area contributed by atoms with Gasteiger partial charge in [-0.25, -0.2) is 8.97 Å². The van der Waals surface area contributed by atoms with Crippen molar-refractivity contribution in [2.24, 2.45) is 22.4 Å². The van der Waals surface area contributed by atoms with Crippen LogP contribution in [-0.4, -0.2) is 109 Å². The number of amides is 1. The van der Waals surface area contributed by atoms with Gasteiger partial charge in [-0.2, -0.15) is 13.2 Å². The quantitative estimate of drug-likeness (QED) is 0.114. The van der Waals surface area contributed by atoms with Crippen LogP contribution < -0.4 is 22.1 Å². The van der Waals surface area contributed by atoms with Crippen molar-refractivity contribution in [2.45, 2.75) is 109 Å². The summed E-state index contributed by atoms with van der Waals surface area (Å²) in [5.41, 5.74) is 15.3. The molecular formula is C31H53F4N8O+. The average Bonchev–Trinajstić information content (AvgIpc) is 2.98. The number of hydrogen-bond donors (Lipinski definition) is 4. The SMILES string of the molecule is CCCCCCCC1NCCC(N2CCN(CC(F)(F)F)CC2)=C1NC(=O)C(C1=NCC(F)C[N+]1=C1CCCCC1)C(N)N. The lowest BCUT2D eigenvalue weighted by Crippen LogP contribution is -2.57. The molecule has 6 N–H and O–H groups in total. The first-order chi connectivity index (χ1) is 21.1. The summed E-state index contributed by atoms with van der Waals surface area (Å²) >= 11 is 0. The number of amidine groups is 1. The van der Waals surface area contributed by atoms with Crippen molar-refractivity contribution in [3.8, 4) is 0 Å². The van der Waals surface area contributed by atoms with Crippen molar-refractivity contribution in [3.63, 3.8) is 0 Å². The first-order valence-corrected chi connectivity index (χ1v) is 16.7. The number of unbranched alkanes of at least 4 members (excludes halogenated alkanes) is 4. The molecule has 250 valence electrons. The minimum Gasteiger partial charge on any atom is -0.371 e. The van der Waals surface area contributed by atoms with Crippen LogP contribution in [0.1, 0.15) is 84.0 Å². The minimum atomic E-state index is -4.23. The Bertz CT molecular complexity index is 1040. The molecule has 2 fully saturated rings. The van der Waals surface area contributed by atoms with Crippen molar-refractivity contribution in [1.82, 2.24) is 20.4 Å². The van der Waals surface area contributed by atoms with Gasteiger partial charge in [0, 0.05) is 63.7 Å². The van der Waals surface area contributed by atoms with Crippen molar-refractivity contribution in [2.75, 3.05) is 52.4 Å². The number of piperazine rings is 1. The summed E-state index contributed by atoms with van der Waals surface area (Å²) in [6.07, 6.45) is 5.43. The molecule has 0 aromatic carbocycles. The molecule has 3 unspecified atom stereocenters. The summed E-state index contributed by atoms with van der Waals surface area (Å²) in [4.78, 5) is 22.3. The third-order valence-electron chi connectivity index (χ3n) is 9.29. The molecule has 4 aliphatic rings. The summed E-state index contributed by atoms with van der Waals surface area (Å²) in [6, 6.07) is -0.112. The van der Waals surface area contributed by atoms with E-state index in [1.54, 1.807) is 0 Å². The Balaban J connectivity index is 1.59. The Morgan fingerprint density at radius 2 is 1.77 bits per heavy atom. The van der Waals surface area contributed by atoms with Crippen LogP contribution in [-0.2, 0) is 4.79 Å². The number of nitrogens with one attached hydrogen (secondary N) is 2. The van der Waals surface area contributed by atoms with Crippen LogP contribution in [0.15, 0.2) is 16.4 Å². The lowest BCUT2D eigenvalue weighted by Gasteiger charge is -2.41. The fourth-order valence-corrected chi connectivity index (χ4v) is 7.01. The fourth-order valence-electron chi connectivity index (χ4n) is 7.01. The smallest absolute Gasteiger partial charge is 0.371 e. The predicted molar refractivity (Wildman–Crippen MR) is 165 cm³/mol. The molecule has 3 atom stereocenters. The molecule has 1 saturated heterocycles. The van der Waals surface area contributed by atoms with Gasteiger partial charge in [0.15, 0.2) is 18.6 Å². The Morgan fingerprint density at radius 3 is 2.43 bits per heavy atom. The standard InChI is InChI=1S/C31H52F4N8O/c1-2-3-4-5-9-12-24-27(25(13-14-38-24)42-17-15-41(16-18-42)21-31(33,34)35)40-30(44)26(28(36)37)29-39-19-22(32)20-43(29)23-10-7-6-8-11-23/h22,24,26,28,38H,2-21,36-37H2,1H3/p+1. The maximum Gasteiger partial charge on any atom is 0.401 e. The lowest BCUT2D eigenvalue weighted by molar-refractivity contribution is -0.430. The van der Waals surface area contributed by atoms with E-state index in [1.165, 1.54) is 11.3 Å². The Labute approximate surface area is 259 Å². The summed E-state index contributed by atoms with van der Waals surface area (Å²) in [6.45, 7) is 3.57. The minimum absolute atomic E-state index is 0.0340. The van der Waals surface area contributed by atoms with Crippen LogP contribution in [0.4, 0.5) is 17.6 Å². The summed E-state index contributed by atoms with van der Waals surface area (Å²) in [7, 11) is 0. The van der Waals surface area contributed by atoms with Crippen molar-refractivity contribution >= 4 is 17.5 Å². The Hall–Kier alpha value is -2.09. The second kappa shape index (κ2) is 16.5. The molecule has 0 bridgehead atoms. The van der Waals surface area contributed by atoms with E-state index >= 15 is 0 Å². The number of carbonyl (C=O) groups excluding carboxylic acids is 1. The number of nitrogens with zero attached hydrogens (tertiary/aromatic N) is 4. The molecule has 9 nitrogen and oxygen atoms in total. The van der Waals surface area contributed by atoms with Gasteiger partial charge in [-0.05, 0) is 19.3 Å². The van der Waals surface area contributed by atoms with E-state index in [0.29, 0.717) is 45.0 Å². The van der Waals surface area contributed by atoms with E-state index in [-0.39, 0.29) is 25.0 Å². The van der Waals surface area contributed by atoms with Gasteiger partial charge in [-0.15, -0.1) is 0 Å². The topological polar surface area (TPSA) is 115 Å². The zero-order valence-electron chi connectivity index (χ0n) is 26.3. The Morgan fingerprint density at radius 1 is 1.07 bits per heavy atom. The molecule has 0 aromatic heterocycles. The molecule has 3 heterocycles. The molecule has 44 heavy (non-hydrogen) atoms. The second-order valence-electron chi connectivity index (χ2n) is 12.8. The molecule has 1 aliphatic carbocycles. The first-order valence-electron chi connectivity index (χ1n) is 16.7. The molecule has 0 aromatic rings. The number of halogens is 4. The maximum absolute atomic E-state index is 14.6. The van der Waals surface area contributed by atoms with E-state index in [2.05, 4.69) is 27.4 Å². The number of aliphatic imine (C=N–C) groups is 1. The van der Waals surface area contributed by atoms with Crippen LogP contribution >= 0.6 is 0 Å². The highest BCUT2D eigenvalue weighted by atomic mass is 19.4. The average molecular weight is 630 g/mol. The van der Waals surface area contributed by atoms with Gasteiger partial charge in [-0.3, -0.25) is 9.69 Å². The van der Waals surface area contributed by atoms with E-state index < -0.39 is 31.0 Å². The van der Waals surface area contributed by atoms with Crippen LogP contribution in [0.3, 0.4) is 0 Å². The highest BCUT2D eigenvalue weighted by Crippen LogP contribution is 2.27. The molecule has 3 aliphatic heterocycles. The van der Waals surface area contributed by atoms with Gasteiger partial charge in [0.1, 0.15) is 6.54 Å². The number of alkyl halides is 4. The zero-order chi connectivity index (χ0) is 31.7. The van der Waals surface area contributed by atoms with E-state index in [1.807, 2.05) is 4.58 Å². The predicted octanol–water partition coefficient (Wildman–Crippen LogP) is 3.24. The van der Waals surface area contributed by atoms with Gasteiger partial charge in [0.05, 0.1) is 24.1 Å². The van der Waals surface area contributed by atoms with Crippen molar-refractivity contribution < 1.29 is 26.9 Å². The number of nitrogens with two attached hydrogens (primary N) is 2.